The van der Waals surface area contributed by atoms with Crippen molar-refractivity contribution in [1.82, 2.24) is 4.98 Å². The maximum atomic E-state index is 12.7. The molecule has 1 atom stereocenters. The van der Waals surface area contributed by atoms with Gasteiger partial charge in [0.25, 0.3) is 0 Å². The summed E-state index contributed by atoms with van der Waals surface area (Å²) in [5.74, 6) is -3.57. The molecule has 0 amide bonds. The fourth-order valence-electron chi connectivity index (χ4n) is 2.76. The minimum atomic E-state index is -1.14. The Hall–Kier alpha value is -2.31. The Morgan fingerprint density at radius 2 is 1.38 bits per heavy atom. The van der Waals surface area contributed by atoms with Crippen molar-refractivity contribution in [3.8, 4) is 0 Å². The number of aromatic nitrogens is 1. The molecule has 7 nitrogen and oxygen atoms in total. The molecular formula is C19H29NO6. The van der Waals surface area contributed by atoms with Crippen molar-refractivity contribution >= 4 is 17.9 Å². The Morgan fingerprint density at radius 1 is 0.885 bits per heavy atom. The summed E-state index contributed by atoms with van der Waals surface area (Å²) in [4.78, 5) is 40.0. The SMILES string of the molecule is COC(=O)c1ccc(C(C(C)C)C(C(=O)OC(C)C)C(=O)OC(C)C)[nH]1. The molecule has 1 heterocycles. The van der Waals surface area contributed by atoms with Crippen molar-refractivity contribution in [3.63, 3.8) is 0 Å². The molecule has 1 unspecified atom stereocenters. The van der Waals surface area contributed by atoms with Gasteiger partial charge >= 0.3 is 17.9 Å². The highest BCUT2D eigenvalue weighted by atomic mass is 16.6. The molecule has 0 saturated carbocycles. The van der Waals surface area contributed by atoms with Gasteiger partial charge < -0.3 is 19.2 Å². The largest absolute Gasteiger partial charge is 0.464 e. The number of methoxy groups -OCH3 is 1. The average molecular weight is 367 g/mol. The number of hydrogen-bond acceptors (Lipinski definition) is 6. The summed E-state index contributed by atoms with van der Waals surface area (Å²) in [5.41, 5.74) is 0.827. The molecule has 0 aromatic carbocycles. The molecule has 0 radical (unpaired) electrons. The highest BCUT2D eigenvalue weighted by Crippen LogP contribution is 2.34. The number of hydrogen-bond donors (Lipinski definition) is 1. The maximum absolute atomic E-state index is 12.7. The normalized spacial score (nSPS) is 12.6. The van der Waals surface area contributed by atoms with Crippen LogP contribution in [0.1, 0.15) is 63.6 Å². The maximum Gasteiger partial charge on any atom is 0.354 e. The zero-order valence-corrected chi connectivity index (χ0v) is 16.5. The van der Waals surface area contributed by atoms with Gasteiger partial charge in [0, 0.05) is 11.6 Å². The topological polar surface area (TPSA) is 94.7 Å². The van der Waals surface area contributed by atoms with Crippen molar-refractivity contribution in [2.24, 2.45) is 11.8 Å². The van der Waals surface area contributed by atoms with Gasteiger partial charge in [-0.1, -0.05) is 13.8 Å². The highest BCUT2D eigenvalue weighted by molar-refractivity contribution is 5.96. The van der Waals surface area contributed by atoms with E-state index in [1.54, 1.807) is 39.8 Å². The Morgan fingerprint density at radius 3 is 1.77 bits per heavy atom. The first-order valence-corrected chi connectivity index (χ1v) is 8.76. The van der Waals surface area contributed by atoms with E-state index >= 15 is 0 Å². The minimum absolute atomic E-state index is 0.0939. The molecule has 1 aromatic heterocycles. The van der Waals surface area contributed by atoms with Crippen molar-refractivity contribution in [3.05, 3.63) is 23.5 Å². The van der Waals surface area contributed by atoms with E-state index in [4.69, 9.17) is 14.2 Å². The Bertz CT molecular complexity index is 610. The van der Waals surface area contributed by atoms with E-state index in [9.17, 15) is 14.4 Å². The summed E-state index contributed by atoms with van der Waals surface area (Å²) in [5, 5.41) is 0. The summed E-state index contributed by atoms with van der Waals surface area (Å²) in [6.45, 7) is 10.7. The molecular weight excluding hydrogens is 338 g/mol. The first kappa shape index (κ1) is 21.7. The quantitative estimate of drug-likeness (QED) is 0.431. The number of nitrogens with one attached hydrogen (secondary N) is 1. The van der Waals surface area contributed by atoms with Crippen LogP contribution in [0.25, 0.3) is 0 Å². The van der Waals surface area contributed by atoms with Gasteiger partial charge in [0.1, 0.15) is 5.69 Å². The number of carbonyl (C=O) groups excluding carboxylic acids is 3. The van der Waals surface area contributed by atoms with E-state index in [0.29, 0.717) is 5.69 Å². The van der Waals surface area contributed by atoms with Gasteiger partial charge in [-0.15, -0.1) is 0 Å². The van der Waals surface area contributed by atoms with Gasteiger partial charge in [-0.25, -0.2) is 4.79 Å². The predicted octanol–water partition coefficient (Wildman–Crippen LogP) is 3.06. The van der Waals surface area contributed by atoms with Crippen LogP contribution < -0.4 is 0 Å². The third-order valence-electron chi connectivity index (χ3n) is 3.76. The van der Waals surface area contributed by atoms with Crippen LogP contribution >= 0.6 is 0 Å². The van der Waals surface area contributed by atoms with Crippen molar-refractivity contribution in [2.75, 3.05) is 7.11 Å². The van der Waals surface area contributed by atoms with E-state index in [2.05, 4.69) is 4.98 Å². The molecule has 0 aliphatic heterocycles. The second-order valence-corrected chi connectivity index (χ2v) is 7.04. The van der Waals surface area contributed by atoms with Crippen LogP contribution in [0.4, 0.5) is 0 Å². The third kappa shape index (κ3) is 5.61. The summed E-state index contributed by atoms with van der Waals surface area (Å²) in [7, 11) is 1.28. The lowest BCUT2D eigenvalue weighted by molar-refractivity contribution is -0.168. The summed E-state index contributed by atoms with van der Waals surface area (Å²) in [6.07, 6.45) is -0.724. The van der Waals surface area contributed by atoms with E-state index < -0.39 is 29.7 Å². The summed E-state index contributed by atoms with van der Waals surface area (Å²) in [6, 6.07) is 3.24. The van der Waals surface area contributed by atoms with Crippen LogP contribution in [0.5, 0.6) is 0 Å². The van der Waals surface area contributed by atoms with E-state index in [1.165, 1.54) is 7.11 Å². The standard InChI is InChI=1S/C19H29NO6/c1-10(2)15(13-8-9-14(20-13)17(21)24-7)16(18(22)25-11(3)4)19(23)26-12(5)6/h8-12,15-16,20H,1-7H3. The molecule has 1 aromatic rings. The Labute approximate surface area is 154 Å². The van der Waals surface area contributed by atoms with Crippen LogP contribution in [-0.4, -0.2) is 42.2 Å². The molecule has 7 heteroatoms. The number of esters is 3. The second kappa shape index (κ2) is 9.40. The zero-order chi connectivity index (χ0) is 20.0. The first-order valence-electron chi connectivity index (χ1n) is 8.76. The van der Waals surface area contributed by atoms with E-state index in [-0.39, 0.29) is 23.8 Å². The van der Waals surface area contributed by atoms with Gasteiger partial charge in [0.05, 0.1) is 19.3 Å². The molecule has 0 bridgehead atoms. The smallest absolute Gasteiger partial charge is 0.354 e. The molecule has 0 aliphatic carbocycles. The highest BCUT2D eigenvalue weighted by Gasteiger charge is 2.41. The fourth-order valence-corrected chi connectivity index (χ4v) is 2.76. The minimum Gasteiger partial charge on any atom is -0.464 e. The number of rotatable bonds is 8. The van der Waals surface area contributed by atoms with Crippen molar-refractivity contribution in [1.29, 1.82) is 0 Å². The first-order chi connectivity index (χ1) is 12.1. The molecule has 0 saturated heterocycles. The van der Waals surface area contributed by atoms with E-state index in [1.807, 2.05) is 13.8 Å². The molecule has 0 aliphatic rings. The van der Waals surface area contributed by atoms with Crippen LogP contribution in [0.15, 0.2) is 12.1 Å². The molecule has 0 spiro atoms. The van der Waals surface area contributed by atoms with E-state index in [0.717, 1.165) is 0 Å². The molecule has 26 heavy (non-hydrogen) atoms. The van der Waals surface area contributed by atoms with Gasteiger partial charge in [0.2, 0.25) is 0 Å². The number of carbonyl (C=O) groups is 3. The zero-order valence-electron chi connectivity index (χ0n) is 16.5. The summed E-state index contributed by atoms with van der Waals surface area (Å²) >= 11 is 0. The van der Waals surface area contributed by atoms with Crippen molar-refractivity contribution < 1.29 is 28.6 Å². The summed E-state index contributed by atoms with van der Waals surface area (Å²) < 4.78 is 15.3. The molecule has 1 rings (SSSR count). The average Bonchev–Trinajstić information content (AvgIpc) is 2.98. The van der Waals surface area contributed by atoms with Crippen LogP contribution in [0.2, 0.25) is 0 Å². The van der Waals surface area contributed by atoms with Gasteiger partial charge in [0.15, 0.2) is 5.92 Å². The molecule has 1 N–H and O–H groups in total. The molecule has 0 fully saturated rings. The molecule has 146 valence electrons. The lowest BCUT2D eigenvalue weighted by atomic mass is 9.81. The Balaban J connectivity index is 3.30. The Kier molecular flexibility index (Phi) is 7.86. The van der Waals surface area contributed by atoms with Gasteiger partial charge in [-0.2, -0.15) is 0 Å². The number of ether oxygens (including phenoxy) is 3. The van der Waals surface area contributed by atoms with Gasteiger partial charge in [-0.3, -0.25) is 9.59 Å². The van der Waals surface area contributed by atoms with Crippen molar-refractivity contribution in [2.45, 2.75) is 59.7 Å². The van der Waals surface area contributed by atoms with Crippen LogP contribution in [0.3, 0.4) is 0 Å². The predicted molar refractivity (Wildman–Crippen MR) is 95.7 cm³/mol. The van der Waals surface area contributed by atoms with Crippen LogP contribution in [0, 0.1) is 11.8 Å². The third-order valence-corrected chi connectivity index (χ3v) is 3.76. The number of H-pyrrole nitrogens is 1. The lowest BCUT2D eigenvalue weighted by Gasteiger charge is -2.28. The second-order valence-electron chi connectivity index (χ2n) is 7.04. The van der Waals surface area contributed by atoms with Gasteiger partial charge in [-0.05, 0) is 45.7 Å². The lowest BCUT2D eigenvalue weighted by Crippen LogP contribution is -2.37. The number of aromatic amines is 1. The monoisotopic (exact) mass is 367 g/mol. The fraction of sp³-hybridized carbons (Fsp3) is 0.632. The van der Waals surface area contributed by atoms with Crippen LogP contribution in [-0.2, 0) is 23.8 Å².